The molecule has 0 saturated carbocycles. The van der Waals surface area contributed by atoms with E-state index in [0.717, 1.165) is 0 Å². The maximum atomic E-state index is 2.01. The lowest BCUT2D eigenvalue weighted by molar-refractivity contribution is 0.712. The zero-order valence-corrected chi connectivity index (χ0v) is 10.4. The summed E-state index contributed by atoms with van der Waals surface area (Å²) in [6.45, 7) is 0. The quantitative estimate of drug-likeness (QED) is 0.555. The van der Waals surface area contributed by atoms with E-state index in [0.29, 0.717) is 0 Å². The molecular weight excluding hydrogens is 232 g/mol. The third-order valence-electron chi connectivity index (χ3n) is 1.36. The first-order valence-electron chi connectivity index (χ1n) is 3.74. The van der Waals surface area contributed by atoms with Gasteiger partial charge in [0.1, 0.15) is 0 Å². The minimum Gasteiger partial charge on any atom is -0.0817 e. The summed E-state index contributed by atoms with van der Waals surface area (Å²) in [7, 11) is 9.81. The smallest absolute Gasteiger partial charge is 0.00454 e. The maximum absolute atomic E-state index is 2.01. The Morgan fingerprint density at radius 1 is 0.545 bits per heavy atom. The Kier molecular flexibility index (Phi) is 8.22. The molecule has 1 heterocycles. The first-order chi connectivity index (χ1) is 5.50. The number of hydrogen-bond donors (Lipinski definition) is 0. The molecule has 1 saturated heterocycles. The minimum absolute atomic E-state index is 1.34. The third kappa shape index (κ3) is 6.87. The summed E-state index contributed by atoms with van der Waals surface area (Å²) in [4.78, 5) is 0. The second-order valence-electron chi connectivity index (χ2n) is 2.26. The zero-order chi connectivity index (χ0) is 7.78. The van der Waals surface area contributed by atoms with Crippen LogP contribution in [0, 0.1) is 0 Å². The van der Waals surface area contributed by atoms with Crippen molar-refractivity contribution in [3.8, 4) is 0 Å². The van der Waals surface area contributed by atoms with E-state index in [2.05, 4.69) is 0 Å². The summed E-state index contributed by atoms with van der Waals surface area (Å²) < 4.78 is 0. The van der Waals surface area contributed by atoms with Crippen molar-refractivity contribution >= 4 is 51.1 Å². The van der Waals surface area contributed by atoms with Crippen molar-refractivity contribution in [2.75, 3.05) is 11.5 Å². The van der Waals surface area contributed by atoms with Crippen molar-refractivity contribution in [3.05, 3.63) is 0 Å². The predicted molar refractivity (Wildman–Crippen MR) is 66.2 cm³/mol. The van der Waals surface area contributed by atoms with Crippen molar-refractivity contribution in [3.63, 3.8) is 0 Å². The molecule has 0 amide bonds. The molecule has 66 valence electrons. The van der Waals surface area contributed by atoms with Gasteiger partial charge in [-0.2, -0.15) is 0 Å². The van der Waals surface area contributed by atoms with Crippen molar-refractivity contribution < 1.29 is 0 Å². The van der Waals surface area contributed by atoms with E-state index in [1.807, 2.05) is 51.1 Å². The van der Waals surface area contributed by atoms with Crippen LogP contribution in [-0.2, 0) is 0 Å². The first-order valence-corrected chi connectivity index (χ1v) is 10.2. The van der Waals surface area contributed by atoms with E-state index in [4.69, 9.17) is 0 Å². The lowest BCUT2D eigenvalue weighted by Gasteiger charge is -1.96. The Morgan fingerprint density at radius 3 is 1.64 bits per heavy atom. The molecule has 0 radical (unpaired) electrons. The highest BCUT2D eigenvalue weighted by Crippen LogP contribution is 2.49. The van der Waals surface area contributed by atoms with Gasteiger partial charge in [-0.05, 0) is 42.3 Å². The van der Waals surface area contributed by atoms with Crippen LogP contribution in [0.15, 0.2) is 0 Å². The largest absolute Gasteiger partial charge is 0.0817 e. The Labute approximate surface area is 87.8 Å². The average molecular weight is 244 g/mol. The lowest BCUT2D eigenvalue weighted by atomic mass is 10.2. The van der Waals surface area contributed by atoms with Crippen molar-refractivity contribution in [1.29, 1.82) is 0 Å². The molecular formula is C6H12S5. The monoisotopic (exact) mass is 244 g/mol. The third-order valence-corrected chi connectivity index (χ3v) is 10.2. The van der Waals surface area contributed by atoms with E-state index >= 15 is 0 Å². The number of rotatable bonds is 0. The van der Waals surface area contributed by atoms with Crippen LogP contribution >= 0.6 is 51.1 Å². The van der Waals surface area contributed by atoms with Crippen LogP contribution in [0.5, 0.6) is 0 Å². The highest BCUT2D eigenvalue weighted by atomic mass is 33.8. The molecule has 11 heavy (non-hydrogen) atoms. The average Bonchev–Trinajstić information content (AvgIpc) is 2.08. The summed E-state index contributed by atoms with van der Waals surface area (Å²) >= 11 is 0. The van der Waals surface area contributed by atoms with Crippen LogP contribution < -0.4 is 0 Å². The molecule has 0 aromatic rings. The van der Waals surface area contributed by atoms with Gasteiger partial charge in [-0.25, -0.2) is 0 Å². The highest BCUT2D eigenvalue weighted by Gasteiger charge is 1.97. The summed E-state index contributed by atoms with van der Waals surface area (Å²) in [6, 6.07) is 0. The SMILES string of the molecule is C1CCCSSSSSCC1. The van der Waals surface area contributed by atoms with Crippen molar-refractivity contribution in [2.45, 2.75) is 25.7 Å². The molecule has 0 aromatic heterocycles. The van der Waals surface area contributed by atoms with E-state index in [1.54, 1.807) is 0 Å². The van der Waals surface area contributed by atoms with E-state index in [1.165, 1.54) is 37.2 Å². The van der Waals surface area contributed by atoms with E-state index < -0.39 is 0 Å². The molecule has 0 spiro atoms. The minimum atomic E-state index is 1.34. The van der Waals surface area contributed by atoms with Crippen molar-refractivity contribution in [1.82, 2.24) is 0 Å². The Morgan fingerprint density at radius 2 is 1.09 bits per heavy atom. The van der Waals surface area contributed by atoms with Gasteiger partial charge in [0.2, 0.25) is 0 Å². The molecule has 1 aliphatic rings. The summed E-state index contributed by atoms with van der Waals surface area (Å²) in [6.07, 6.45) is 5.69. The molecule has 0 aromatic carbocycles. The number of hydrogen-bond acceptors (Lipinski definition) is 5. The summed E-state index contributed by atoms with van der Waals surface area (Å²) in [5, 5.41) is 0. The molecule has 1 fully saturated rings. The van der Waals surface area contributed by atoms with Gasteiger partial charge >= 0.3 is 0 Å². The first kappa shape index (κ1) is 10.8. The van der Waals surface area contributed by atoms with Crippen LogP contribution in [0.3, 0.4) is 0 Å². The lowest BCUT2D eigenvalue weighted by Crippen LogP contribution is -1.81. The van der Waals surface area contributed by atoms with Crippen LogP contribution in [-0.4, -0.2) is 11.5 Å². The Balaban J connectivity index is 2.02. The molecule has 0 nitrogen and oxygen atoms in total. The molecule has 0 bridgehead atoms. The molecule has 0 N–H and O–H groups in total. The standard InChI is InChI=1S/C6H12S5/c1-2-4-6-8-10-11-9-7-5-3-1/h1-6H2. The second kappa shape index (κ2) is 8.35. The van der Waals surface area contributed by atoms with Gasteiger partial charge in [0.15, 0.2) is 0 Å². The molecule has 5 heteroatoms. The molecule has 0 atom stereocenters. The topological polar surface area (TPSA) is 0 Å². The maximum Gasteiger partial charge on any atom is 0.00454 e. The zero-order valence-electron chi connectivity index (χ0n) is 6.28. The highest BCUT2D eigenvalue weighted by molar-refractivity contribution is 9.35. The van der Waals surface area contributed by atoms with E-state index in [-0.39, 0.29) is 0 Å². The second-order valence-corrected chi connectivity index (χ2v) is 10.3. The van der Waals surface area contributed by atoms with Crippen molar-refractivity contribution in [2.24, 2.45) is 0 Å². The van der Waals surface area contributed by atoms with Crippen LogP contribution in [0.4, 0.5) is 0 Å². The molecule has 1 rings (SSSR count). The molecule has 0 aliphatic carbocycles. The van der Waals surface area contributed by atoms with E-state index in [9.17, 15) is 0 Å². The summed E-state index contributed by atoms with van der Waals surface area (Å²) in [5.41, 5.74) is 0. The van der Waals surface area contributed by atoms with Crippen LogP contribution in [0.2, 0.25) is 0 Å². The fourth-order valence-electron chi connectivity index (χ4n) is 0.794. The van der Waals surface area contributed by atoms with Gasteiger partial charge in [-0.1, -0.05) is 34.4 Å². The van der Waals surface area contributed by atoms with Gasteiger partial charge < -0.3 is 0 Å². The van der Waals surface area contributed by atoms with Gasteiger partial charge in [0, 0.05) is 11.5 Å². The Hall–Kier alpha value is 1.75. The normalized spacial score (nSPS) is 24.0. The van der Waals surface area contributed by atoms with Crippen LogP contribution in [0.25, 0.3) is 0 Å². The predicted octanol–water partition coefficient (Wildman–Crippen LogP) is 4.89. The van der Waals surface area contributed by atoms with Gasteiger partial charge in [0.05, 0.1) is 0 Å². The molecule has 1 aliphatic heterocycles. The fraction of sp³-hybridized carbons (Fsp3) is 1.00. The summed E-state index contributed by atoms with van der Waals surface area (Å²) in [5.74, 6) is 2.67. The Bertz CT molecular complexity index is 49.0. The van der Waals surface area contributed by atoms with Gasteiger partial charge in [-0.15, -0.1) is 0 Å². The fourth-order valence-corrected chi connectivity index (χ4v) is 9.80. The molecule has 0 unspecified atom stereocenters. The van der Waals surface area contributed by atoms with Gasteiger partial charge in [-0.3, -0.25) is 0 Å². The van der Waals surface area contributed by atoms with Gasteiger partial charge in [0.25, 0.3) is 0 Å². The van der Waals surface area contributed by atoms with Crippen LogP contribution in [0.1, 0.15) is 25.7 Å².